The number of fused-ring (bicyclic) bond motifs is 1. The van der Waals surface area contributed by atoms with Gasteiger partial charge in [-0.25, -0.2) is 0 Å². The van der Waals surface area contributed by atoms with Crippen LogP contribution in [-0.2, 0) is 14.9 Å². The molecule has 1 aliphatic carbocycles. The zero-order valence-corrected chi connectivity index (χ0v) is 12.6. The molecule has 0 aromatic rings. The van der Waals surface area contributed by atoms with Crippen molar-refractivity contribution in [2.75, 3.05) is 39.4 Å². The van der Waals surface area contributed by atoms with E-state index in [1.165, 1.54) is 4.31 Å². The van der Waals surface area contributed by atoms with Crippen LogP contribution in [0.2, 0.25) is 0 Å². The molecule has 0 aromatic heterocycles. The van der Waals surface area contributed by atoms with Crippen LogP contribution >= 0.6 is 0 Å². The van der Waals surface area contributed by atoms with E-state index >= 15 is 0 Å². The molecule has 1 N–H and O–H groups in total. The number of hydrogen-bond acceptors (Lipinski definition) is 4. The Morgan fingerprint density at radius 2 is 1.80 bits per heavy atom. The van der Waals surface area contributed by atoms with Gasteiger partial charge in [-0.15, -0.1) is 0 Å². The van der Waals surface area contributed by atoms with E-state index in [1.807, 2.05) is 0 Å². The highest BCUT2D eigenvalue weighted by Gasteiger charge is 2.46. The molecule has 0 amide bonds. The fraction of sp³-hybridized carbons (Fsp3) is 1.00. The molecule has 0 spiro atoms. The monoisotopic (exact) mass is 304 g/mol. The van der Waals surface area contributed by atoms with Gasteiger partial charge in [-0.1, -0.05) is 12.8 Å². The van der Waals surface area contributed by atoms with E-state index in [4.69, 9.17) is 4.74 Å². The highest BCUT2D eigenvalue weighted by Crippen LogP contribution is 2.40. The first-order valence-corrected chi connectivity index (χ1v) is 8.97. The van der Waals surface area contributed by atoms with Crippen LogP contribution in [0.15, 0.2) is 0 Å². The van der Waals surface area contributed by atoms with Gasteiger partial charge in [0.05, 0.1) is 18.8 Å². The van der Waals surface area contributed by atoms with E-state index in [9.17, 15) is 13.5 Å². The van der Waals surface area contributed by atoms with E-state index in [-0.39, 0.29) is 5.92 Å². The van der Waals surface area contributed by atoms with Gasteiger partial charge in [-0.2, -0.15) is 17.0 Å². The second kappa shape index (κ2) is 5.53. The lowest BCUT2D eigenvalue weighted by Crippen LogP contribution is -2.58. The molecule has 3 fully saturated rings. The maximum absolute atomic E-state index is 12.6. The van der Waals surface area contributed by atoms with Crippen LogP contribution in [0.5, 0.6) is 0 Å². The van der Waals surface area contributed by atoms with Crippen molar-refractivity contribution >= 4 is 10.2 Å². The minimum atomic E-state index is -3.39. The van der Waals surface area contributed by atoms with Crippen LogP contribution < -0.4 is 0 Å². The largest absolute Gasteiger partial charge is 0.390 e. The minimum absolute atomic E-state index is 0.0980. The second-order valence-corrected chi connectivity index (χ2v) is 8.10. The second-order valence-electron chi connectivity index (χ2n) is 6.17. The molecule has 6 nitrogen and oxygen atoms in total. The molecule has 116 valence electrons. The van der Waals surface area contributed by atoms with Gasteiger partial charge in [0.15, 0.2) is 0 Å². The quantitative estimate of drug-likeness (QED) is 0.791. The Balaban J connectivity index is 1.71. The molecule has 3 rings (SSSR count). The molecule has 1 saturated carbocycles. The zero-order chi connectivity index (χ0) is 14.2. The first kappa shape index (κ1) is 14.7. The smallest absolute Gasteiger partial charge is 0.282 e. The van der Waals surface area contributed by atoms with Gasteiger partial charge in [0.2, 0.25) is 0 Å². The summed E-state index contributed by atoms with van der Waals surface area (Å²) in [7, 11) is -3.39. The summed E-state index contributed by atoms with van der Waals surface area (Å²) in [6.07, 6.45) is 4.48. The highest BCUT2D eigenvalue weighted by molar-refractivity contribution is 7.86. The van der Waals surface area contributed by atoms with Crippen LogP contribution in [-0.4, -0.2) is 67.1 Å². The third kappa shape index (κ3) is 2.62. The topological polar surface area (TPSA) is 70.1 Å². The number of ether oxygens (including phenoxy) is 1. The van der Waals surface area contributed by atoms with E-state index in [0.717, 1.165) is 25.7 Å². The summed E-state index contributed by atoms with van der Waals surface area (Å²) in [4.78, 5) is 0. The standard InChI is InChI=1S/C13H24N2O4S/c16-13-4-2-1-3-12(13)11-15(6-5-13)20(17,18)14-7-9-19-10-8-14/h12,16H,1-11H2. The van der Waals surface area contributed by atoms with Crippen molar-refractivity contribution in [1.82, 2.24) is 8.61 Å². The van der Waals surface area contributed by atoms with Gasteiger partial charge in [-0.05, 0) is 19.3 Å². The van der Waals surface area contributed by atoms with Gasteiger partial charge in [0, 0.05) is 32.1 Å². The highest BCUT2D eigenvalue weighted by atomic mass is 32.2. The summed E-state index contributed by atoms with van der Waals surface area (Å²) in [5.74, 6) is 0.0980. The molecule has 20 heavy (non-hydrogen) atoms. The van der Waals surface area contributed by atoms with Crippen molar-refractivity contribution < 1.29 is 18.3 Å². The number of aliphatic hydroxyl groups is 1. The van der Waals surface area contributed by atoms with Gasteiger partial charge >= 0.3 is 0 Å². The predicted molar refractivity (Wildman–Crippen MR) is 74.4 cm³/mol. The van der Waals surface area contributed by atoms with Gasteiger partial charge < -0.3 is 9.84 Å². The fourth-order valence-corrected chi connectivity index (χ4v) is 5.32. The number of nitrogens with zero attached hydrogens (tertiary/aromatic N) is 2. The summed E-state index contributed by atoms with van der Waals surface area (Å²) >= 11 is 0. The molecule has 2 aliphatic heterocycles. The summed E-state index contributed by atoms with van der Waals surface area (Å²) in [6, 6.07) is 0. The lowest BCUT2D eigenvalue weighted by molar-refractivity contribution is -0.0826. The Kier molecular flexibility index (Phi) is 4.07. The summed E-state index contributed by atoms with van der Waals surface area (Å²) < 4.78 is 33.6. The summed E-state index contributed by atoms with van der Waals surface area (Å²) in [5.41, 5.74) is -0.630. The molecule has 2 heterocycles. The van der Waals surface area contributed by atoms with Crippen LogP contribution in [0, 0.1) is 5.92 Å². The Bertz CT molecular complexity index is 449. The van der Waals surface area contributed by atoms with Crippen molar-refractivity contribution in [2.45, 2.75) is 37.7 Å². The average Bonchev–Trinajstić information content (AvgIpc) is 2.47. The SMILES string of the molecule is O=S(=O)(N1CCOCC1)N1CCC2(O)CCCCC2C1. The van der Waals surface area contributed by atoms with E-state index in [0.29, 0.717) is 45.8 Å². The van der Waals surface area contributed by atoms with Gasteiger partial charge in [0.1, 0.15) is 0 Å². The molecule has 2 atom stereocenters. The molecular formula is C13H24N2O4S. The van der Waals surface area contributed by atoms with E-state index in [1.54, 1.807) is 4.31 Å². The molecule has 3 aliphatic rings. The number of hydrogen-bond donors (Lipinski definition) is 1. The fourth-order valence-electron chi connectivity index (χ4n) is 3.69. The minimum Gasteiger partial charge on any atom is -0.390 e. The summed E-state index contributed by atoms with van der Waals surface area (Å²) in [6.45, 7) is 2.73. The molecule has 0 aromatic carbocycles. The molecule has 7 heteroatoms. The third-order valence-corrected chi connectivity index (χ3v) is 7.01. The zero-order valence-electron chi connectivity index (χ0n) is 11.8. The molecule has 0 bridgehead atoms. The van der Waals surface area contributed by atoms with Crippen molar-refractivity contribution in [1.29, 1.82) is 0 Å². The third-order valence-electron chi connectivity index (χ3n) is 5.01. The van der Waals surface area contributed by atoms with Crippen molar-refractivity contribution in [3.8, 4) is 0 Å². The normalized spacial score (nSPS) is 37.5. The molecule has 2 saturated heterocycles. The van der Waals surface area contributed by atoms with Crippen LogP contribution in [0.1, 0.15) is 32.1 Å². The Labute approximate surface area is 120 Å². The van der Waals surface area contributed by atoms with Crippen molar-refractivity contribution in [3.05, 3.63) is 0 Å². The number of rotatable bonds is 2. The maximum Gasteiger partial charge on any atom is 0.282 e. The Morgan fingerprint density at radius 3 is 2.55 bits per heavy atom. The maximum atomic E-state index is 12.6. The first-order chi connectivity index (χ1) is 9.52. The first-order valence-electron chi connectivity index (χ1n) is 7.58. The average molecular weight is 304 g/mol. The van der Waals surface area contributed by atoms with Gasteiger partial charge in [0.25, 0.3) is 10.2 Å². The van der Waals surface area contributed by atoms with E-state index in [2.05, 4.69) is 0 Å². The summed E-state index contributed by atoms with van der Waals surface area (Å²) in [5, 5.41) is 10.6. The predicted octanol–water partition coefficient (Wildman–Crippen LogP) is 0.190. The Morgan fingerprint density at radius 1 is 1.05 bits per heavy atom. The molecular weight excluding hydrogens is 280 g/mol. The lowest BCUT2D eigenvalue weighted by Gasteiger charge is -2.47. The lowest BCUT2D eigenvalue weighted by atomic mass is 9.72. The molecule has 2 unspecified atom stereocenters. The van der Waals surface area contributed by atoms with E-state index < -0.39 is 15.8 Å². The Hall–Kier alpha value is -0.210. The van der Waals surface area contributed by atoms with Crippen molar-refractivity contribution in [3.63, 3.8) is 0 Å². The number of piperidine rings is 1. The van der Waals surface area contributed by atoms with Crippen LogP contribution in [0.4, 0.5) is 0 Å². The number of morpholine rings is 1. The van der Waals surface area contributed by atoms with Gasteiger partial charge in [-0.3, -0.25) is 0 Å². The van der Waals surface area contributed by atoms with Crippen LogP contribution in [0.3, 0.4) is 0 Å². The molecule has 0 radical (unpaired) electrons. The van der Waals surface area contributed by atoms with Crippen LogP contribution in [0.25, 0.3) is 0 Å². The van der Waals surface area contributed by atoms with Crippen molar-refractivity contribution in [2.24, 2.45) is 5.92 Å².